The third-order valence-corrected chi connectivity index (χ3v) is 2.16. The molecule has 0 saturated carbocycles. The highest BCUT2D eigenvalue weighted by molar-refractivity contribution is 5.95. The molecule has 0 aromatic heterocycles. The molecule has 1 aromatic carbocycles. The molecule has 0 aliphatic carbocycles. The van der Waals surface area contributed by atoms with Gasteiger partial charge in [-0.3, -0.25) is 4.79 Å². The van der Waals surface area contributed by atoms with Gasteiger partial charge >= 0.3 is 0 Å². The number of benzene rings is 1. The predicted octanol–water partition coefficient (Wildman–Crippen LogP) is 3.15. The summed E-state index contributed by atoms with van der Waals surface area (Å²) in [7, 11) is 0. The number of hydrogen-bond donors (Lipinski definition) is 0. The van der Waals surface area contributed by atoms with Crippen molar-refractivity contribution in [1.29, 1.82) is 0 Å². The molecule has 0 spiro atoms. The summed E-state index contributed by atoms with van der Waals surface area (Å²) in [6, 6.07) is 6.11. The third-order valence-electron chi connectivity index (χ3n) is 2.16. The molecule has 1 aromatic rings. The maximum atomic E-state index is 11.3. The van der Waals surface area contributed by atoms with Crippen molar-refractivity contribution in [3.63, 3.8) is 0 Å². The molecule has 0 radical (unpaired) electrons. The van der Waals surface area contributed by atoms with E-state index in [0.717, 1.165) is 24.0 Å². The standard InChI is InChI=1S/C12H16O/c1-4-5-11-7-6-9(2)8-12(11)10(3)13/h6-8H,4-5H2,1-3H3. The fourth-order valence-corrected chi connectivity index (χ4v) is 1.51. The van der Waals surface area contributed by atoms with Gasteiger partial charge in [0.25, 0.3) is 0 Å². The number of carbonyl (C=O) groups excluding carboxylic acids is 1. The van der Waals surface area contributed by atoms with Gasteiger partial charge in [-0.1, -0.05) is 31.0 Å². The highest BCUT2D eigenvalue weighted by Gasteiger charge is 2.05. The van der Waals surface area contributed by atoms with Gasteiger partial charge in [0.2, 0.25) is 0 Å². The van der Waals surface area contributed by atoms with Crippen LogP contribution < -0.4 is 0 Å². The second-order valence-electron chi connectivity index (χ2n) is 3.47. The van der Waals surface area contributed by atoms with E-state index < -0.39 is 0 Å². The minimum absolute atomic E-state index is 0.173. The van der Waals surface area contributed by atoms with Crippen LogP contribution in [0.15, 0.2) is 18.2 Å². The molecule has 1 nitrogen and oxygen atoms in total. The van der Waals surface area contributed by atoms with Crippen molar-refractivity contribution in [2.75, 3.05) is 0 Å². The lowest BCUT2D eigenvalue weighted by molar-refractivity contribution is 0.101. The van der Waals surface area contributed by atoms with Crippen LogP contribution in [-0.2, 0) is 6.42 Å². The van der Waals surface area contributed by atoms with Crippen LogP contribution in [0, 0.1) is 6.92 Å². The predicted molar refractivity (Wildman–Crippen MR) is 55.2 cm³/mol. The molecule has 0 aliphatic rings. The largest absolute Gasteiger partial charge is 0.295 e. The summed E-state index contributed by atoms with van der Waals surface area (Å²) >= 11 is 0. The summed E-state index contributed by atoms with van der Waals surface area (Å²) < 4.78 is 0. The molecule has 0 atom stereocenters. The first-order valence-electron chi connectivity index (χ1n) is 4.75. The zero-order valence-corrected chi connectivity index (χ0v) is 8.55. The van der Waals surface area contributed by atoms with Crippen molar-refractivity contribution >= 4 is 5.78 Å². The average Bonchev–Trinajstić information content (AvgIpc) is 2.08. The van der Waals surface area contributed by atoms with E-state index >= 15 is 0 Å². The second-order valence-corrected chi connectivity index (χ2v) is 3.47. The summed E-state index contributed by atoms with van der Waals surface area (Å²) in [5.41, 5.74) is 3.23. The van der Waals surface area contributed by atoms with Crippen LogP contribution in [0.1, 0.15) is 41.8 Å². The summed E-state index contributed by atoms with van der Waals surface area (Å²) in [5.74, 6) is 0.173. The Hall–Kier alpha value is -1.11. The van der Waals surface area contributed by atoms with Crippen LogP contribution in [0.25, 0.3) is 0 Å². The zero-order valence-electron chi connectivity index (χ0n) is 8.55. The minimum atomic E-state index is 0.173. The number of hydrogen-bond acceptors (Lipinski definition) is 1. The molecular weight excluding hydrogens is 160 g/mol. The van der Waals surface area contributed by atoms with Crippen molar-refractivity contribution < 1.29 is 4.79 Å². The van der Waals surface area contributed by atoms with Gasteiger partial charge in [0.15, 0.2) is 5.78 Å². The smallest absolute Gasteiger partial charge is 0.160 e. The molecule has 0 saturated heterocycles. The monoisotopic (exact) mass is 176 g/mol. The van der Waals surface area contributed by atoms with Crippen LogP contribution in [0.3, 0.4) is 0 Å². The Morgan fingerprint density at radius 1 is 1.38 bits per heavy atom. The van der Waals surface area contributed by atoms with Gasteiger partial charge in [-0.05, 0) is 31.9 Å². The van der Waals surface area contributed by atoms with Crippen molar-refractivity contribution in [2.45, 2.75) is 33.6 Å². The lowest BCUT2D eigenvalue weighted by Crippen LogP contribution is -1.99. The molecule has 0 fully saturated rings. The zero-order chi connectivity index (χ0) is 9.84. The van der Waals surface area contributed by atoms with Gasteiger partial charge in [-0.25, -0.2) is 0 Å². The molecule has 0 unspecified atom stereocenters. The number of carbonyl (C=O) groups is 1. The lowest BCUT2D eigenvalue weighted by atomic mass is 9.98. The minimum Gasteiger partial charge on any atom is -0.295 e. The Morgan fingerprint density at radius 3 is 2.62 bits per heavy atom. The Labute approximate surface area is 79.8 Å². The van der Waals surface area contributed by atoms with Gasteiger partial charge in [-0.2, -0.15) is 0 Å². The number of rotatable bonds is 3. The van der Waals surface area contributed by atoms with Gasteiger partial charge in [0.1, 0.15) is 0 Å². The molecule has 70 valence electrons. The van der Waals surface area contributed by atoms with E-state index in [-0.39, 0.29) is 5.78 Å². The van der Waals surface area contributed by atoms with Gasteiger partial charge < -0.3 is 0 Å². The number of Topliss-reactive ketones (excluding diaryl/α,β-unsaturated/α-hetero) is 1. The fraction of sp³-hybridized carbons (Fsp3) is 0.417. The molecule has 0 aliphatic heterocycles. The highest BCUT2D eigenvalue weighted by atomic mass is 16.1. The third kappa shape index (κ3) is 2.41. The van der Waals surface area contributed by atoms with Crippen LogP contribution in [0.4, 0.5) is 0 Å². The molecule has 1 heteroatoms. The number of ketones is 1. The second kappa shape index (κ2) is 4.22. The first-order chi connectivity index (χ1) is 6.15. The highest BCUT2D eigenvalue weighted by Crippen LogP contribution is 2.14. The number of aryl methyl sites for hydroxylation is 2. The SMILES string of the molecule is CCCc1ccc(C)cc1C(C)=O. The summed E-state index contributed by atoms with van der Waals surface area (Å²) in [5, 5.41) is 0. The van der Waals surface area contributed by atoms with E-state index in [2.05, 4.69) is 19.1 Å². The topological polar surface area (TPSA) is 17.1 Å². The fourth-order valence-electron chi connectivity index (χ4n) is 1.51. The summed E-state index contributed by atoms with van der Waals surface area (Å²) in [6.45, 7) is 5.78. The first kappa shape index (κ1) is 9.97. The first-order valence-corrected chi connectivity index (χ1v) is 4.75. The molecule has 0 amide bonds. The molecule has 1 rings (SSSR count). The summed E-state index contributed by atoms with van der Waals surface area (Å²) in [4.78, 5) is 11.3. The Balaban J connectivity index is 3.10. The molecular formula is C12H16O. The van der Waals surface area contributed by atoms with Crippen LogP contribution in [-0.4, -0.2) is 5.78 Å². The van der Waals surface area contributed by atoms with E-state index in [1.165, 1.54) is 5.56 Å². The van der Waals surface area contributed by atoms with E-state index in [1.54, 1.807) is 6.92 Å². The quantitative estimate of drug-likeness (QED) is 0.646. The van der Waals surface area contributed by atoms with E-state index in [9.17, 15) is 4.79 Å². The Morgan fingerprint density at radius 2 is 2.08 bits per heavy atom. The normalized spacial score (nSPS) is 10.1. The summed E-state index contributed by atoms with van der Waals surface area (Å²) in [6.07, 6.45) is 2.08. The Kier molecular flexibility index (Phi) is 3.24. The van der Waals surface area contributed by atoms with E-state index in [4.69, 9.17) is 0 Å². The van der Waals surface area contributed by atoms with E-state index in [1.807, 2.05) is 13.0 Å². The van der Waals surface area contributed by atoms with Gasteiger partial charge in [0.05, 0.1) is 0 Å². The molecule has 0 heterocycles. The maximum absolute atomic E-state index is 11.3. The van der Waals surface area contributed by atoms with E-state index in [0.29, 0.717) is 0 Å². The van der Waals surface area contributed by atoms with Crippen LogP contribution in [0.2, 0.25) is 0 Å². The van der Waals surface area contributed by atoms with Crippen molar-refractivity contribution in [1.82, 2.24) is 0 Å². The van der Waals surface area contributed by atoms with Gasteiger partial charge in [0, 0.05) is 5.56 Å². The molecule has 0 bridgehead atoms. The van der Waals surface area contributed by atoms with Crippen LogP contribution >= 0.6 is 0 Å². The van der Waals surface area contributed by atoms with Crippen LogP contribution in [0.5, 0.6) is 0 Å². The lowest BCUT2D eigenvalue weighted by Gasteiger charge is -2.06. The average molecular weight is 176 g/mol. The van der Waals surface area contributed by atoms with Crippen molar-refractivity contribution in [3.8, 4) is 0 Å². The molecule has 13 heavy (non-hydrogen) atoms. The van der Waals surface area contributed by atoms with Crippen molar-refractivity contribution in [2.24, 2.45) is 0 Å². The maximum Gasteiger partial charge on any atom is 0.160 e. The Bertz CT molecular complexity index is 313. The molecule has 0 N–H and O–H groups in total. The van der Waals surface area contributed by atoms with Gasteiger partial charge in [-0.15, -0.1) is 0 Å². The van der Waals surface area contributed by atoms with Crippen molar-refractivity contribution in [3.05, 3.63) is 34.9 Å².